The molecule has 1 unspecified atom stereocenters. The first-order valence-corrected chi connectivity index (χ1v) is 25.7. The quantitative estimate of drug-likeness (QED) is 0.101. The predicted octanol–water partition coefficient (Wildman–Crippen LogP) is 5.02. The maximum absolute atomic E-state index is 14.5. The predicted molar refractivity (Wildman–Crippen MR) is 277 cm³/mol. The monoisotopic (exact) mass is 1070 g/mol. The summed E-state index contributed by atoms with van der Waals surface area (Å²) in [5, 5.41) is 16.5. The lowest BCUT2D eigenvalue weighted by atomic mass is 9.55. The number of amides is 1. The minimum Gasteiger partial charge on any atom is -0.469 e. The Hall–Kier alpha value is -6.25. The van der Waals surface area contributed by atoms with Crippen LogP contribution in [0.2, 0.25) is 0 Å². The number of ether oxygens (including phenoxy) is 7. The number of aliphatic hydroxyl groups is 1. The molecule has 420 valence electrons. The van der Waals surface area contributed by atoms with Gasteiger partial charge in [-0.25, -0.2) is 4.79 Å². The van der Waals surface area contributed by atoms with Crippen LogP contribution >= 0.6 is 0 Å². The highest BCUT2D eigenvalue weighted by Gasteiger charge is 2.67. The van der Waals surface area contributed by atoms with Crippen LogP contribution < -0.4 is 10.6 Å². The van der Waals surface area contributed by atoms with Gasteiger partial charge in [0.05, 0.1) is 80.8 Å². The van der Waals surface area contributed by atoms with Crippen LogP contribution in [0.5, 0.6) is 0 Å². The van der Waals surface area contributed by atoms with Crippen molar-refractivity contribution in [2.24, 2.45) is 60.3 Å². The lowest BCUT2D eigenvalue weighted by Crippen LogP contribution is -2.55. The molecule has 1 saturated heterocycles. The number of nitrogens with zero attached hydrogens (tertiary/aromatic N) is 3. The number of carbonyl (C=O) groups excluding carboxylic acids is 8. The van der Waals surface area contributed by atoms with Crippen molar-refractivity contribution in [3.05, 3.63) is 34.3 Å². The Morgan fingerprint density at radius 1 is 0.658 bits per heavy atom. The van der Waals surface area contributed by atoms with E-state index in [2.05, 4.69) is 10.6 Å². The van der Waals surface area contributed by atoms with E-state index in [1.807, 2.05) is 61.5 Å². The van der Waals surface area contributed by atoms with Gasteiger partial charge in [0.25, 0.3) is 0 Å². The summed E-state index contributed by atoms with van der Waals surface area (Å²) in [5.41, 5.74) is -1.60. The molecular weight excluding hydrogens is 987 g/mol. The lowest BCUT2D eigenvalue weighted by molar-refractivity contribution is -0.147. The zero-order valence-electron chi connectivity index (χ0n) is 46.9. The van der Waals surface area contributed by atoms with E-state index in [1.54, 1.807) is 0 Å². The number of nitrogens with one attached hydrogen (secondary N) is 2. The summed E-state index contributed by atoms with van der Waals surface area (Å²) in [7, 11) is 8.87. The van der Waals surface area contributed by atoms with Crippen LogP contribution in [0, 0.1) is 45.3 Å². The molecule has 5 aliphatic rings. The Morgan fingerprint density at radius 3 is 1.71 bits per heavy atom. The molecule has 5 rings (SSSR count). The summed E-state index contributed by atoms with van der Waals surface area (Å²) in [4.78, 5) is 125. The number of aliphatic imine (C=N–C) groups is 3. The van der Waals surface area contributed by atoms with E-state index in [-0.39, 0.29) is 70.6 Å². The topological polar surface area (TPSA) is 283 Å². The van der Waals surface area contributed by atoms with Gasteiger partial charge in [-0.1, -0.05) is 34.6 Å². The van der Waals surface area contributed by atoms with Gasteiger partial charge in [-0.15, -0.1) is 0 Å². The Labute approximate surface area is 445 Å². The van der Waals surface area contributed by atoms with Crippen molar-refractivity contribution < 1.29 is 76.6 Å². The molecular formula is C55H79N5O16. The van der Waals surface area contributed by atoms with Crippen LogP contribution in [0.25, 0.3) is 0 Å². The van der Waals surface area contributed by atoms with Crippen LogP contribution in [0.4, 0.5) is 0 Å². The van der Waals surface area contributed by atoms with Crippen LogP contribution in [-0.2, 0) is 71.5 Å². The summed E-state index contributed by atoms with van der Waals surface area (Å²) in [6, 6.07) is -2.36. The van der Waals surface area contributed by atoms with Crippen LogP contribution in [0.15, 0.2) is 49.3 Å². The second-order valence-electron chi connectivity index (χ2n) is 22.0. The fourth-order valence-corrected chi connectivity index (χ4v) is 12.9. The summed E-state index contributed by atoms with van der Waals surface area (Å²) in [6.07, 6.45) is 1.54. The largest absolute Gasteiger partial charge is 0.469 e. The van der Waals surface area contributed by atoms with Gasteiger partial charge in [-0.3, -0.25) is 48.5 Å². The Morgan fingerprint density at radius 2 is 1.18 bits per heavy atom. The van der Waals surface area contributed by atoms with Gasteiger partial charge in [-0.05, 0) is 63.7 Å². The molecule has 5 heterocycles. The molecule has 0 aromatic rings. The zero-order chi connectivity index (χ0) is 56.9. The van der Waals surface area contributed by atoms with Gasteiger partial charge >= 0.3 is 41.8 Å². The fraction of sp³-hybridized carbons (Fsp3) is 0.691. The summed E-state index contributed by atoms with van der Waals surface area (Å²) in [5.74, 6) is -7.30. The molecule has 1 fully saturated rings. The molecule has 0 spiro atoms. The molecule has 21 heteroatoms. The standard InChI is InChI=1S/C55H79N5O16/c1-29-45-32(17-20-40(64)71-10)51(3,4)37(58-45)25-35-31(16-19-39(63)70-9)53(6,26-38(62)56-36(28-61)50(69)76-15)48(57-35)30(2)46-33(18-21-41(65)72-11)54(7,27-44(68)75-14)55(8,60-46)49-34(24-43(67)74-13)52(5,47(29)59-49)23-22-42(66)73-12/h25,31-34,36,49,57,61H,16-24,26-28H2,1-15H3,(H,56,62)/b35-25?,45-29?,48-30-/t31-,32-,33-,34+,36+,49?,52-,53+,54+,55+/m1/s1. The number of hydrogen-bond donors (Lipinski definition) is 3. The Kier molecular flexibility index (Phi) is 19.1. The zero-order valence-corrected chi connectivity index (χ0v) is 46.9. The first kappa shape index (κ1) is 60.6. The van der Waals surface area contributed by atoms with E-state index >= 15 is 0 Å². The number of aliphatic hydroxyl groups excluding tert-OH is 1. The van der Waals surface area contributed by atoms with E-state index in [1.165, 1.54) is 42.7 Å². The highest BCUT2D eigenvalue weighted by Crippen LogP contribution is 2.62. The lowest BCUT2D eigenvalue weighted by Gasteiger charge is -2.48. The summed E-state index contributed by atoms with van der Waals surface area (Å²) in [6.45, 7) is 14.6. The fourth-order valence-electron chi connectivity index (χ4n) is 12.9. The Bertz CT molecular complexity index is 2540. The number of rotatable bonds is 21. The molecule has 0 radical (unpaired) electrons. The normalized spacial score (nSPS) is 30.4. The molecule has 0 aromatic heterocycles. The first-order chi connectivity index (χ1) is 35.7. The highest BCUT2D eigenvalue weighted by molar-refractivity contribution is 6.10. The second-order valence-corrected chi connectivity index (χ2v) is 22.0. The molecule has 21 nitrogen and oxygen atoms in total. The van der Waals surface area contributed by atoms with Crippen molar-refractivity contribution in [3.8, 4) is 0 Å². The molecule has 3 N–H and O–H groups in total. The SMILES string of the molecule is COC(=O)CC[C@@H]1C2=C(C)C3=NC([C@H](CC(=O)OC)[C@@]3(C)CCC(=O)OC)[C@]3(C)N=C(/C(C)=C4\NC(=CC(=N2)C1(C)C)[C@@H](CCC(=O)OC)[C@]4(C)CC(=O)N[C@@H](CO)C(=O)OC)[C@@H](CCC(=O)OC)[C@]3(C)CC(=O)OC. The first-order valence-electron chi connectivity index (χ1n) is 25.7. The van der Waals surface area contributed by atoms with Gasteiger partial charge in [0.15, 0.2) is 6.04 Å². The van der Waals surface area contributed by atoms with Gasteiger partial charge < -0.3 is 48.9 Å². The number of methoxy groups -OCH3 is 7. The maximum atomic E-state index is 14.5. The number of esters is 7. The second kappa shape index (κ2) is 24.0. The molecule has 0 aliphatic carbocycles. The van der Waals surface area contributed by atoms with E-state index in [0.29, 0.717) is 45.4 Å². The number of allylic oxidation sites excluding steroid dienone is 6. The summed E-state index contributed by atoms with van der Waals surface area (Å²) < 4.78 is 36.4. The maximum Gasteiger partial charge on any atom is 0.330 e. The number of hydrogen-bond acceptors (Lipinski definition) is 20. The van der Waals surface area contributed by atoms with Crippen molar-refractivity contribution in [3.63, 3.8) is 0 Å². The van der Waals surface area contributed by atoms with Crippen LogP contribution in [-0.4, -0.2) is 144 Å². The van der Waals surface area contributed by atoms with Crippen molar-refractivity contribution in [2.75, 3.05) is 56.4 Å². The van der Waals surface area contributed by atoms with E-state index in [4.69, 9.17) is 48.1 Å². The van der Waals surface area contributed by atoms with E-state index in [0.717, 1.165) is 7.11 Å². The number of fused-ring (bicyclic) bond motifs is 6. The molecule has 1 amide bonds. The minimum atomic E-state index is -1.45. The smallest absolute Gasteiger partial charge is 0.330 e. The van der Waals surface area contributed by atoms with Gasteiger partial charge in [-0.2, -0.15) is 0 Å². The van der Waals surface area contributed by atoms with Crippen LogP contribution in [0.3, 0.4) is 0 Å². The van der Waals surface area contributed by atoms with Crippen LogP contribution in [0.1, 0.15) is 126 Å². The third-order valence-corrected chi connectivity index (χ3v) is 17.6. The van der Waals surface area contributed by atoms with Crippen molar-refractivity contribution in [2.45, 2.75) is 144 Å². The third-order valence-electron chi connectivity index (χ3n) is 17.6. The van der Waals surface area contributed by atoms with Gasteiger partial charge in [0, 0.05) is 112 Å². The van der Waals surface area contributed by atoms with Crippen molar-refractivity contribution >= 4 is 64.8 Å². The van der Waals surface area contributed by atoms with E-state index in [9.17, 15) is 43.5 Å². The third kappa shape index (κ3) is 11.4. The minimum absolute atomic E-state index is 0.0223. The average Bonchev–Trinajstić information content (AvgIpc) is 4.01. The van der Waals surface area contributed by atoms with Gasteiger partial charge in [0.1, 0.15) is 0 Å². The summed E-state index contributed by atoms with van der Waals surface area (Å²) >= 11 is 0. The highest BCUT2D eigenvalue weighted by atomic mass is 16.5. The molecule has 10 atom stereocenters. The molecule has 76 heavy (non-hydrogen) atoms. The molecule has 8 bridgehead atoms. The Balaban J connectivity index is 2.05. The van der Waals surface area contributed by atoms with Crippen molar-refractivity contribution in [1.82, 2.24) is 10.6 Å². The van der Waals surface area contributed by atoms with E-state index < -0.39 is 117 Å². The molecule has 0 saturated carbocycles. The number of carbonyl (C=O) groups is 8. The average molecular weight is 1070 g/mol. The molecule has 0 aromatic carbocycles. The van der Waals surface area contributed by atoms with Gasteiger partial charge in [0.2, 0.25) is 5.91 Å². The van der Waals surface area contributed by atoms with Crippen molar-refractivity contribution in [1.29, 1.82) is 0 Å². The molecule has 5 aliphatic heterocycles.